The van der Waals surface area contributed by atoms with Gasteiger partial charge in [0.15, 0.2) is 0 Å². The van der Waals surface area contributed by atoms with E-state index in [-0.39, 0.29) is 23.7 Å². The maximum Gasteiger partial charge on any atom is 0.283 e. The molecule has 21 heavy (non-hydrogen) atoms. The van der Waals surface area contributed by atoms with E-state index < -0.39 is 10.8 Å². The number of hydrogen-bond donors (Lipinski definition) is 2. The molecule has 0 bridgehead atoms. The number of nitro benzene ring substituents is 1. The van der Waals surface area contributed by atoms with E-state index in [1.165, 1.54) is 12.1 Å². The van der Waals surface area contributed by atoms with Crippen molar-refractivity contribution in [2.24, 2.45) is 0 Å². The highest BCUT2D eigenvalue weighted by Gasteiger charge is 2.19. The number of nitro groups is 1. The molecule has 0 aromatic heterocycles. The van der Waals surface area contributed by atoms with Crippen LogP contribution >= 0.6 is 28.3 Å². The number of nitrogens with zero attached hydrogens (tertiary/aromatic N) is 1. The van der Waals surface area contributed by atoms with Gasteiger partial charge in [-0.25, -0.2) is 0 Å². The zero-order valence-electron chi connectivity index (χ0n) is 11.4. The third-order valence-corrected chi connectivity index (χ3v) is 2.96. The molecular formula is C12H17BrClN3O4. The van der Waals surface area contributed by atoms with Crippen LogP contribution in [0.4, 0.5) is 5.69 Å². The Bertz CT molecular complexity index is 488. The number of benzene rings is 1. The second kappa shape index (κ2) is 10.5. The fraction of sp³-hybridized carbons (Fsp3) is 0.417. The van der Waals surface area contributed by atoms with Gasteiger partial charge in [-0.1, -0.05) is 15.9 Å². The maximum atomic E-state index is 11.9. The zero-order valence-corrected chi connectivity index (χ0v) is 13.8. The lowest BCUT2D eigenvalue weighted by atomic mass is 10.1. The van der Waals surface area contributed by atoms with Crippen molar-refractivity contribution in [3.63, 3.8) is 0 Å². The summed E-state index contributed by atoms with van der Waals surface area (Å²) in [6.07, 6.45) is 0. The zero-order chi connectivity index (χ0) is 15.0. The van der Waals surface area contributed by atoms with Crippen molar-refractivity contribution >= 4 is 39.9 Å². The first kappa shape index (κ1) is 19.8. The first-order chi connectivity index (χ1) is 9.56. The summed E-state index contributed by atoms with van der Waals surface area (Å²) in [4.78, 5) is 22.2. The first-order valence-electron chi connectivity index (χ1n) is 5.98. The van der Waals surface area contributed by atoms with Crippen LogP contribution in [-0.2, 0) is 4.74 Å². The fourth-order valence-corrected chi connectivity index (χ4v) is 1.86. The summed E-state index contributed by atoms with van der Waals surface area (Å²) >= 11 is 3.14. The predicted molar refractivity (Wildman–Crippen MR) is 85.1 cm³/mol. The number of hydrogen-bond acceptors (Lipinski definition) is 5. The molecule has 1 rings (SSSR count). The van der Waals surface area contributed by atoms with Crippen LogP contribution in [0.5, 0.6) is 0 Å². The minimum Gasteiger partial charge on any atom is -0.383 e. The van der Waals surface area contributed by atoms with Crippen molar-refractivity contribution in [2.75, 3.05) is 33.4 Å². The summed E-state index contributed by atoms with van der Waals surface area (Å²) < 4.78 is 5.42. The minimum absolute atomic E-state index is 0. The summed E-state index contributed by atoms with van der Waals surface area (Å²) in [7, 11) is 1.61. The molecule has 0 saturated carbocycles. The van der Waals surface area contributed by atoms with E-state index in [9.17, 15) is 14.9 Å². The lowest BCUT2D eigenvalue weighted by molar-refractivity contribution is -0.385. The van der Waals surface area contributed by atoms with E-state index >= 15 is 0 Å². The molecule has 0 spiro atoms. The Kier molecular flexibility index (Phi) is 9.89. The SMILES string of the molecule is COCCNCCNC(=O)c1ccc(Br)cc1[N+](=O)[O-].Cl. The molecule has 118 valence electrons. The van der Waals surface area contributed by atoms with Gasteiger partial charge < -0.3 is 15.4 Å². The Labute approximate surface area is 137 Å². The second-order valence-corrected chi connectivity index (χ2v) is 4.83. The molecule has 0 aliphatic heterocycles. The topological polar surface area (TPSA) is 93.5 Å². The van der Waals surface area contributed by atoms with E-state index in [4.69, 9.17) is 4.74 Å². The van der Waals surface area contributed by atoms with Crippen molar-refractivity contribution < 1.29 is 14.5 Å². The van der Waals surface area contributed by atoms with Crippen LogP contribution in [-0.4, -0.2) is 44.2 Å². The highest BCUT2D eigenvalue weighted by molar-refractivity contribution is 9.10. The molecule has 0 saturated heterocycles. The fourth-order valence-electron chi connectivity index (χ4n) is 1.51. The summed E-state index contributed by atoms with van der Waals surface area (Å²) in [6, 6.07) is 4.33. The van der Waals surface area contributed by atoms with E-state index in [0.717, 1.165) is 0 Å². The van der Waals surface area contributed by atoms with Gasteiger partial charge in [-0.05, 0) is 12.1 Å². The largest absolute Gasteiger partial charge is 0.383 e. The summed E-state index contributed by atoms with van der Waals surface area (Å²) in [5.41, 5.74) is -0.167. The monoisotopic (exact) mass is 381 g/mol. The van der Waals surface area contributed by atoms with Crippen molar-refractivity contribution in [1.82, 2.24) is 10.6 Å². The number of carbonyl (C=O) groups is 1. The number of nitrogens with one attached hydrogen (secondary N) is 2. The van der Waals surface area contributed by atoms with E-state index in [1.54, 1.807) is 13.2 Å². The molecule has 2 N–H and O–H groups in total. The molecule has 0 heterocycles. The third kappa shape index (κ3) is 6.85. The number of halogens is 2. The van der Waals surface area contributed by atoms with Crippen LogP contribution in [0.2, 0.25) is 0 Å². The number of amides is 1. The molecule has 0 aliphatic rings. The Morgan fingerprint density at radius 3 is 2.71 bits per heavy atom. The summed E-state index contributed by atoms with van der Waals surface area (Å²) in [6.45, 7) is 2.23. The minimum atomic E-state index is -0.573. The maximum absolute atomic E-state index is 11.9. The van der Waals surface area contributed by atoms with Gasteiger partial charge in [0.2, 0.25) is 0 Å². The summed E-state index contributed by atoms with van der Waals surface area (Å²) in [5, 5.41) is 16.6. The molecule has 1 amide bonds. The standard InChI is InChI=1S/C12H16BrN3O4.ClH/c1-20-7-6-14-4-5-15-12(17)10-3-2-9(13)8-11(10)16(18)19;/h2-3,8,14H,4-7H2,1H3,(H,15,17);1H. The molecule has 0 aliphatic carbocycles. The Balaban J connectivity index is 0.00000400. The normalized spacial score (nSPS) is 9.81. The van der Waals surface area contributed by atoms with Gasteiger partial charge >= 0.3 is 0 Å². The molecule has 0 atom stereocenters. The molecule has 0 fully saturated rings. The van der Waals surface area contributed by atoms with Gasteiger partial charge in [-0.2, -0.15) is 0 Å². The van der Waals surface area contributed by atoms with E-state index in [1.807, 2.05) is 0 Å². The molecule has 7 nitrogen and oxygen atoms in total. The van der Waals surface area contributed by atoms with Crippen LogP contribution in [0.15, 0.2) is 22.7 Å². The number of carbonyl (C=O) groups excluding carboxylic acids is 1. The van der Waals surface area contributed by atoms with Gasteiger partial charge in [0.05, 0.1) is 11.5 Å². The van der Waals surface area contributed by atoms with Crippen molar-refractivity contribution in [3.05, 3.63) is 38.3 Å². The highest BCUT2D eigenvalue weighted by atomic mass is 79.9. The Morgan fingerprint density at radius 1 is 1.38 bits per heavy atom. The van der Waals surface area contributed by atoms with Gasteiger partial charge in [-0.3, -0.25) is 14.9 Å². The first-order valence-corrected chi connectivity index (χ1v) is 6.77. The second-order valence-electron chi connectivity index (χ2n) is 3.92. The molecule has 0 radical (unpaired) electrons. The van der Waals surface area contributed by atoms with Crippen molar-refractivity contribution in [1.29, 1.82) is 0 Å². The van der Waals surface area contributed by atoms with E-state index in [2.05, 4.69) is 26.6 Å². The lowest BCUT2D eigenvalue weighted by Gasteiger charge is -2.07. The summed E-state index contributed by atoms with van der Waals surface area (Å²) in [5.74, 6) is -0.460. The van der Waals surface area contributed by atoms with Gasteiger partial charge in [0.25, 0.3) is 11.6 Å². The smallest absolute Gasteiger partial charge is 0.283 e. The molecule has 0 unspecified atom stereocenters. The molecule has 1 aromatic carbocycles. The van der Waals surface area contributed by atoms with E-state index in [0.29, 0.717) is 30.7 Å². The number of methoxy groups -OCH3 is 1. The van der Waals surface area contributed by atoms with Crippen LogP contribution in [0.3, 0.4) is 0 Å². The number of rotatable bonds is 8. The van der Waals surface area contributed by atoms with Crippen LogP contribution in [0, 0.1) is 10.1 Å². The highest BCUT2D eigenvalue weighted by Crippen LogP contribution is 2.23. The van der Waals surface area contributed by atoms with Crippen molar-refractivity contribution in [2.45, 2.75) is 0 Å². The van der Waals surface area contributed by atoms with Crippen molar-refractivity contribution in [3.8, 4) is 0 Å². The Hall–Kier alpha value is -1.22. The number of ether oxygens (including phenoxy) is 1. The molecular weight excluding hydrogens is 366 g/mol. The average Bonchev–Trinajstić information content (AvgIpc) is 2.42. The quantitative estimate of drug-likeness (QED) is 0.406. The molecule has 9 heteroatoms. The van der Waals surface area contributed by atoms with Gasteiger partial charge in [0.1, 0.15) is 5.56 Å². The van der Waals surface area contributed by atoms with Gasteiger partial charge in [-0.15, -0.1) is 12.4 Å². The predicted octanol–water partition coefficient (Wildman–Crippen LogP) is 1.74. The third-order valence-electron chi connectivity index (χ3n) is 2.47. The van der Waals surface area contributed by atoms with Crippen LogP contribution in [0.25, 0.3) is 0 Å². The van der Waals surface area contributed by atoms with Crippen LogP contribution < -0.4 is 10.6 Å². The van der Waals surface area contributed by atoms with Crippen LogP contribution in [0.1, 0.15) is 10.4 Å². The lowest BCUT2D eigenvalue weighted by Crippen LogP contribution is -2.33. The Morgan fingerprint density at radius 2 is 2.10 bits per heavy atom. The average molecular weight is 383 g/mol. The molecule has 1 aromatic rings. The van der Waals surface area contributed by atoms with Gasteiger partial charge in [0, 0.05) is 37.3 Å².